The molecule has 0 saturated carbocycles. The Hall–Kier alpha value is -0.770. The number of rotatable bonds is 4. The van der Waals surface area contributed by atoms with E-state index in [0.717, 1.165) is 38.9 Å². The van der Waals surface area contributed by atoms with E-state index in [-0.39, 0.29) is 6.03 Å². The van der Waals surface area contributed by atoms with E-state index in [1.165, 1.54) is 6.42 Å². The van der Waals surface area contributed by atoms with Crippen molar-refractivity contribution >= 4 is 6.03 Å². The van der Waals surface area contributed by atoms with Crippen molar-refractivity contribution in [3.63, 3.8) is 0 Å². The highest BCUT2D eigenvalue weighted by Gasteiger charge is 2.27. The number of nitrogens with zero attached hydrogens (tertiary/aromatic N) is 2. The monoisotopic (exact) mass is 227 g/mol. The second kappa shape index (κ2) is 6.74. The van der Waals surface area contributed by atoms with E-state index >= 15 is 0 Å². The molecule has 1 aliphatic heterocycles. The van der Waals surface area contributed by atoms with Crippen LogP contribution >= 0.6 is 0 Å². The summed E-state index contributed by atoms with van der Waals surface area (Å²) in [7, 11) is 3.85. The predicted molar refractivity (Wildman–Crippen MR) is 66.6 cm³/mol. The van der Waals surface area contributed by atoms with Crippen molar-refractivity contribution in [2.75, 3.05) is 33.7 Å². The van der Waals surface area contributed by atoms with Crippen LogP contribution in [-0.4, -0.2) is 55.6 Å². The van der Waals surface area contributed by atoms with Crippen LogP contribution in [0.3, 0.4) is 0 Å². The number of hydrogen-bond donors (Lipinski definition) is 1. The lowest BCUT2D eigenvalue weighted by atomic mass is 10.00. The largest absolute Gasteiger partial charge is 0.328 e. The second-order valence-corrected chi connectivity index (χ2v) is 4.53. The fourth-order valence-corrected chi connectivity index (χ4v) is 2.22. The van der Waals surface area contributed by atoms with E-state index < -0.39 is 0 Å². The predicted octanol–water partition coefficient (Wildman–Crippen LogP) is 1.52. The van der Waals surface area contributed by atoms with Crippen LogP contribution in [0.2, 0.25) is 0 Å². The fraction of sp³-hybridized carbons (Fsp3) is 0.917. The summed E-state index contributed by atoms with van der Waals surface area (Å²) in [6.45, 7) is 4.72. The molecule has 1 N–H and O–H groups in total. The zero-order valence-electron chi connectivity index (χ0n) is 10.8. The van der Waals surface area contributed by atoms with Gasteiger partial charge in [-0.1, -0.05) is 0 Å². The van der Waals surface area contributed by atoms with Crippen LogP contribution in [0.15, 0.2) is 0 Å². The van der Waals surface area contributed by atoms with E-state index in [0.29, 0.717) is 6.04 Å². The molecule has 1 rings (SSSR count). The first kappa shape index (κ1) is 13.3. The van der Waals surface area contributed by atoms with E-state index in [2.05, 4.69) is 10.2 Å². The van der Waals surface area contributed by atoms with Gasteiger partial charge in [-0.3, -0.25) is 0 Å². The first-order valence-corrected chi connectivity index (χ1v) is 6.37. The molecular formula is C12H25N3O. The van der Waals surface area contributed by atoms with Crippen molar-refractivity contribution in [2.24, 2.45) is 0 Å². The lowest BCUT2D eigenvalue weighted by Crippen LogP contribution is -2.49. The number of carbonyl (C=O) groups excluding carboxylic acids is 1. The standard InChI is InChI=1S/C12H25N3O/c1-4-14(3)12(16)15-10-6-5-7-11(15)8-9-13-2/h11,13H,4-10H2,1-3H3. The van der Waals surface area contributed by atoms with Crippen molar-refractivity contribution < 1.29 is 4.79 Å². The van der Waals surface area contributed by atoms with Crippen LogP contribution in [0.1, 0.15) is 32.6 Å². The Bertz CT molecular complexity index is 220. The summed E-state index contributed by atoms with van der Waals surface area (Å²) >= 11 is 0. The molecule has 1 heterocycles. The third-order valence-corrected chi connectivity index (χ3v) is 3.40. The number of likely N-dealkylation sites (tertiary alicyclic amines) is 1. The van der Waals surface area contributed by atoms with E-state index in [9.17, 15) is 4.79 Å². The van der Waals surface area contributed by atoms with Crippen LogP contribution in [-0.2, 0) is 0 Å². The van der Waals surface area contributed by atoms with Crippen LogP contribution in [0.25, 0.3) is 0 Å². The van der Waals surface area contributed by atoms with Gasteiger partial charge in [-0.2, -0.15) is 0 Å². The molecule has 0 aromatic rings. The normalized spacial score (nSPS) is 20.9. The van der Waals surface area contributed by atoms with E-state index in [4.69, 9.17) is 0 Å². The third kappa shape index (κ3) is 3.37. The number of carbonyl (C=O) groups is 1. The molecule has 0 spiro atoms. The minimum absolute atomic E-state index is 0.198. The average Bonchev–Trinajstić information content (AvgIpc) is 2.34. The summed E-state index contributed by atoms with van der Waals surface area (Å²) in [5.41, 5.74) is 0. The van der Waals surface area contributed by atoms with Gasteiger partial charge in [-0.05, 0) is 46.2 Å². The highest BCUT2D eigenvalue weighted by atomic mass is 16.2. The molecular weight excluding hydrogens is 202 g/mol. The van der Waals surface area contributed by atoms with Gasteiger partial charge in [0.1, 0.15) is 0 Å². The molecule has 0 radical (unpaired) electrons. The Morgan fingerprint density at radius 2 is 2.25 bits per heavy atom. The summed E-state index contributed by atoms with van der Waals surface area (Å²) in [4.78, 5) is 16.0. The molecule has 1 fully saturated rings. The van der Waals surface area contributed by atoms with Gasteiger partial charge in [0.05, 0.1) is 0 Å². The first-order chi connectivity index (χ1) is 7.70. The van der Waals surface area contributed by atoms with Crippen LogP contribution in [0, 0.1) is 0 Å². The maximum absolute atomic E-state index is 12.1. The van der Waals surface area contributed by atoms with Gasteiger partial charge in [0, 0.05) is 26.2 Å². The SMILES string of the molecule is CCN(C)C(=O)N1CCCCC1CCNC. The molecule has 0 aromatic carbocycles. The summed E-state index contributed by atoms with van der Waals surface area (Å²) in [6, 6.07) is 0.631. The molecule has 1 aliphatic rings. The van der Waals surface area contributed by atoms with Crippen molar-refractivity contribution in [2.45, 2.75) is 38.6 Å². The smallest absolute Gasteiger partial charge is 0.319 e. The van der Waals surface area contributed by atoms with Crippen LogP contribution in [0.5, 0.6) is 0 Å². The first-order valence-electron chi connectivity index (χ1n) is 6.37. The molecule has 94 valence electrons. The number of piperidine rings is 1. The topological polar surface area (TPSA) is 35.6 Å². The minimum Gasteiger partial charge on any atom is -0.328 e. The van der Waals surface area contributed by atoms with Crippen molar-refractivity contribution in [3.8, 4) is 0 Å². The lowest BCUT2D eigenvalue weighted by molar-refractivity contribution is 0.120. The van der Waals surface area contributed by atoms with Gasteiger partial charge >= 0.3 is 6.03 Å². The van der Waals surface area contributed by atoms with E-state index in [1.54, 1.807) is 4.90 Å². The van der Waals surface area contributed by atoms with Gasteiger partial charge in [-0.25, -0.2) is 4.79 Å². The maximum atomic E-state index is 12.1. The molecule has 1 unspecified atom stereocenters. The quantitative estimate of drug-likeness (QED) is 0.790. The summed E-state index contributed by atoms with van der Waals surface area (Å²) in [5, 5.41) is 3.17. The Morgan fingerprint density at radius 3 is 2.88 bits per heavy atom. The molecule has 1 atom stereocenters. The molecule has 0 bridgehead atoms. The molecule has 0 aliphatic carbocycles. The van der Waals surface area contributed by atoms with Gasteiger partial charge in [0.15, 0.2) is 0 Å². The number of urea groups is 1. The lowest BCUT2D eigenvalue weighted by Gasteiger charge is -2.38. The summed E-state index contributed by atoms with van der Waals surface area (Å²) in [6.07, 6.45) is 4.64. The Kier molecular flexibility index (Phi) is 5.60. The van der Waals surface area contributed by atoms with Crippen LogP contribution in [0.4, 0.5) is 4.79 Å². The van der Waals surface area contributed by atoms with Gasteiger partial charge in [0.2, 0.25) is 0 Å². The molecule has 4 nitrogen and oxygen atoms in total. The van der Waals surface area contributed by atoms with Crippen molar-refractivity contribution in [1.29, 1.82) is 0 Å². The minimum atomic E-state index is 0.198. The zero-order chi connectivity index (χ0) is 12.0. The Balaban J connectivity index is 2.55. The van der Waals surface area contributed by atoms with Crippen molar-refractivity contribution in [3.05, 3.63) is 0 Å². The summed E-state index contributed by atoms with van der Waals surface area (Å²) in [5.74, 6) is 0. The fourth-order valence-electron chi connectivity index (χ4n) is 2.22. The maximum Gasteiger partial charge on any atom is 0.319 e. The molecule has 0 aromatic heterocycles. The number of hydrogen-bond acceptors (Lipinski definition) is 2. The zero-order valence-corrected chi connectivity index (χ0v) is 10.8. The molecule has 1 saturated heterocycles. The van der Waals surface area contributed by atoms with Crippen molar-refractivity contribution in [1.82, 2.24) is 15.1 Å². The van der Waals surface area contributed by atoms with E-state index in [1.807, 2.05) is 21.0 Å². The Morgan fingerprint density at radius 1 is 1.50 bits per heavy atom. The average molecular weight is 227 g/mol. The van der Waals surface area contributed by atoms with Gasteiger partial charge < -0.3 is 15.1 Å². The molecule has 2 amide bonds. The third-order valence-electron chi connectivity index (χ3n) is 3.40. The number of amides is 2. The van der Waals surface area contributed by atoms with Gasteiger partial charge in [-0.15, -0.1) is 0 Å². The number of nitrogens with one attached hydrogen (secondary N) is 1. The van der Waals surface area contributed by atoms with Gasteiger partial charge in [0.25, 0.3) is 0 Å². The highest BCUT2D eigenvalue weighted by Crippen LogP contribution is 2.20. The molecule has 4 heteroatoms. The summed E-state index contributed by atoms with van der Waals surface area (Å²) < 4.78 is 0. The van der Waals surface area contributed by atoms with Crippen LogP contribution < -0.4 is 5.32 Å². The highest BCUT2D eigenvalue weighted by molar-refractivity contribution is 5.74. The second-order valence-electron chi connectivity index (χ2n) is 4.53. The Labute approximate surface area is 99.0 Å². The molecule has 16 heavy (non-hydrogen) atoms.